The molecule has 1 N–H and O–H groups in total. The van der Waals surface area contributed by atoms with Gasteiger partial charge in [0.25, 0.3) is 5.91 Å². The number of fused-ring (bicyclic) bond motifs is 3. The number of likely N-dealkylation sites (tertiary alicyclic amines) is 1. The molecule has 0 aromatic carbocycles. The van der Waals surface area contributed by atoms with Crippen LogP contribution in [0.25, 0.3) is 11.1 Å². The lowest BCUT2D eigenvalue weighted by molar-refractivity contribution is -0.133. The zero-order valence-electron chi connectivity index (χ0n) is 22.4. The van der Waals surface area contributed by atoms with Crippen molar-refractivity contribution in [2.75, 3.05) is 13.1 Å². The normalized spacial score (nSPS) is 28.6. The van der Waals surface area contributed by atoms with Gasteiger partial charge in [-0.1, -0.05) is 38.5 Å². The van der Waals surface area contributed by atoms with Gasteiger partial charge in [0, 0.05) is 43.3 Å². The Kier molecular flexibility index (Phi) is 7.47. The second kappa shape index (κ2) is 10.6. The fraction of sp³-hybridized carbons (Fsp3) is 0.724. The second-order valence-electron chi connectivity index (χ2n) is 11.8. The van der Waals surface area contributed by atoms with E-state index in [-0.39, 0.29) is 17.9 Å². The van der Waals surface area contributed by atoms with Gasteiger partial charge < -0.3 is 19.2 Å². The van der Waals surface area contributed by atoms with Gasteiger partial charge >= 0.3 is 0 Å². The maximum Gasteiger partial charge on any atom is 0.271 e. The topological polar surface area (TPSA) is 70.7 Å². The number of nitrogens with zero attached hydrogens (tertiary/aromatic N) is 3. The number of amides is 2. The summed E-state index contributed by atoms with van der Waals surface area (Å²) in [5.41, 5.74) is 1.28. The van der Waals surface area contributed by atoms with Crippen LogP contribution in [-0.4, -0.2) is 62.9 Å². The van der Waals surface area contributed by atoms with Crippen molar-refractivity contribution >= 4 is 22.9 Å². The highest BCUT2D eigenvalue weighted by Gasteiger charge is 2.48. The van der Waals surface area contributed by atoms with Crippen LogP contribution in [0.4, 0.5) is 0 Å². The lowest BCUT2D eigenvalue weighted by atomic mass is 9.91. The van der Waals surface area contributed by atoms with Crippen LogP contribution in [0.2, 0.25) is 0 Å². The minimum Gasteiger partial charge on any atom is -0.463 e. The van der Waals surface area contributed by atoms with E-state index >= 15 is 0 Å². The standard InChI is InChI=1S/C29H44N4O3/c1-21-11-9-12-22(2)31(21)16-10-17-33-27(34)25-19-26-24(15-18-36-26)32(25)20-29(33,3)28(35)30-23-13-7-5-4-6-8-14-23/h15,18-19,21-23H,4-14,16-17,20H2,1-3H3,(H,30,35)/t21-,22-,29-/m1/s1. The molecular weight excluding hydrogens is 452 g/mol. The molecule has 2 amide bonds. The molecule has 0 radical (unpaired) electrons. The van der Waals surface area contributed by atoms with Crippen LogP contribution in [0.3, 0.4) is 0 Å². The fourth-order valence-electron chi connectivity index (χ4n) is 6.89. The van der Waals surface area contributed by atoms with E-state index < -0.39 is 5.54 Å². The van der Waals surface area contributed by atoms with E-state index in [1.807, 2.05) is 28.5 Å². The minimum atomic E-state index is -0.936. The number of carbonyl (C=O) groups excluding carboxylic acids is 2. The number of piperidine rings is 1. The van der Waals surface area contributed by atoms with E-state index in [0.29, 0.717) is 36.5 Å². The van der Waals surface area contributed by atoms with E-state index in [1.54, 1.807) is 6.26 Å². The highest BCUT2D eigenvalue weighted by atomic mass is 16.3. The Hall–Kier alpha value is -2.28. The summed E-state index contributed by atoms with van der Waals surface area (Å²) in [5.74, 6) is -0.0835. The lowest BCUT2D eigenvalue weighted by Gasteiger charge is -2.45. The predicted octanol–water partition coefficient (Wildman–Crippen LogP) is 5.33. The molecule has 7 heteroatoms. The van der Waals surface area contributed by atoms with E-state index in [1.165, 1.54) is 38.5 Å². The van der Waals surface area contributed by atoms with Gasteiger partial charge in [0.05, 0.1) is 18.3 Å². The summed E-state index contributed by atoms with van der Waals surface area (Å²) in [6.45, 7) is 8.58. The molecule has 1 saturated heterocycles. The molecule has 3 atom stereocenters. The van der Waals surface area contributed by atoms with Crippen molar-refractivity contribution in [2.45, 2.75) is 122 Å². The number of rotatable bonds is 6. The van der Waals surface area contributed by atoms with Crippen molar-refractivity contribution in [3.05, 3.63) is 24.1 Å². The number of furan rings is 1. The maximum atomic E-state index is 14.0. The van der Waals surface area contributed by atoms with E-state index in [0.717, 1.165) is 44.2 Å². The van der Waals surface area contributed by atoms with Crippen molar-refractivity contribution in [3.8, 4) is 0 Å². The molecule has 1 aliphatic carbocycles. The van der Waals surface area contributed by atoms with Crippen molar-refractivity contribution < 1.29 is 14.0 Å². The van der Waals surface area contributed by atoms with Crippen LogP contribution in [0.15, 0.2) is 22.8 Å². The average molecular weight is 497 g/mol. The van der Waals surface area contributed by atoms with Gasteiger partial charge in [-0.25, -0.2) is 0 Å². The second-order valence-corrected chi connectivity index (χ2v) is 11.8. The molecule has 198 valence electrons. The largest absolute Gasteiger partial charge is 0.463 e. The molecular formula is C29H44N4O3. The Balaban J connectivity index is 1.37. The summed E-state index contributed by atoms with van der Waals surface area (Å²) in [6, 6.07) is 5.08. The number of nitrogens with one attached hydrogen (secondary N) is 1. The summed E-state index contributed by atoms with van der Waals surface area (Å²) in [7, 11) is 0. The van der Waals surface area contributed by atoms with Crippen LogP contribution >= 0.6 is 0 Å². The van der Waals surface area contributed by atoms with Gasteiger partial charge in [-0.3, -0.25) is 14.5 Å². The Bertz CT molecular complexity index is 1060. The highest BCUT2D eigenvalue weighted by Crippen LogP contribution is 2.33. The molecule has 1 saturated carbocycles. The van der Waals surface area contributed by atoms with Gasteiger partial charge in [0.15, 0.2) is 5.58 Å². The Labute approximate surface area is 215 Å². The monoisotopic (exact) mass is 496 g/mol. The molecule has 2 aromatic rings. The fourth-order valence-corrected chi connectivity index (χ4v) is 6.89. The third-order valence-electron chi connectivity index (χ3n) is 9.15. The molecule has 36 heavy (non-hydrogen) atoms. The number of hydrogen-bond acceptors (Lipinski definition) is 4. The molecule has 2 aromatic heterocycles. The molecule has 3 aliphatic rings. The predicted molar refractivity (Wildman–Crippen MR) is 142 cm³/mol. The first-order chi connectivity index (χ1) is 17.4. The van der Waals surface area contributed by atoms with Crippen LogP contribution in [0.5, 0.6) is 0 Å². The van der Waals surface area contributed by atoms with Crippen LogP contribution in [-0.2, 0) is 11.3 Å². The van der Waals surface area contributed by atoms with Gasteiger partial charge in [-0.15, -0.1) is 0 Å². The third-order valence-corrected chi connectivity index (χ3v) is 9.15. The van der Waals surface area contributed by atoms with E-state index in [4.69, 9.17) is 4.42 Å². The van der Waals surface area contributed by atoms with Crippen molar-refractivity contribution in [1.29, 1.82) is 0 Å². The van der Waals surface area contributed by atoms with E-state index in [2.05, 4.69) is 24.1 Å². The van der Waals surface area contributed by atoms with Gasteiger partial charge in [0.2, 0.25) is 5.91 Å². The van der Waals surface area contributed by atoms with Crippen molar-refractivity contribution in [2.24, 2.45) is 0 Å². The summed E-state index contributed by atoms with van der Waals surface area (Å²) in [4.78, 5) is 32.3. The minimum absolute atomic E-state index is 0.0165. The Morgan fingerprint density at radius 2 is 1.72 bits per heavy atom. The van der Waals surface area contributed by atoms with E-state index in [9.17, 15) is 9.59 Å². The smallest absolute Gasteiger partial charge is 0.271 e. The van der Waals surface area contributed by atoms with Crippen molar-refractivity contribution in [1.82, 2.24) is 19.7 Å². The molecule has 4 heterocycles. The maximum absolute atomic E-state index is 14.0. The third kappa shape index (κ3) is 4.83. The van der Waals surface area contributed by atoms with Crippen molar-refractivity contribution in [3.63, 3.8) is 0 Å². The molecule has 2 aliphatic heterocycles. The number of aromatic nitrogens is 1. The van der Waals surface area contributed by atoms with Gasteiger partial charge in [-0.05, 0) is 52.9 Å². The molecule has 0 unspecified atom stereocenters. The first-order valence-electron chi connectivity index (χ1n) is 14.3. The summed E-state index contributed by atoms with van der Waals surface area (Å²) < 4.78 is 7.61. The first-order valence-corrected chi connectivity index (χ1v) is 14.3. The first kappa shape index (κ1) is 25.4. The average Bonchev–Trinajstić information content (AvgIpc) is 3.42. The number of carbonyl (C=O) groups is 2. The molecule has 7 nitrogen and oxygen atoms in total. The number of hydrogen-bond donors (Lipinski definition) is 1. The van der Waals surface area contributed by atoms with Crippen LogP contribution in [0, 0.1) is 0 Å². The Morgan fingerprint density at radius 3 is 2.44 bits per heavy atom. The molecule has 0 spiro atoms. The zero-order chi connectivity index (χ0) is 25.3. The SMILES string of the molecule is C[C@@H]1CCC[C@@H](C)N1CCCN1C(=O)c2cc3occc3n2C[C@]1(C)C(=O)NC1CCCCCCC1. The lowest BCUT2D eigenvalue weighted by Crippen LogP contribution is -2.65. The van der Waals surface area contributed by atoms with Crippen LogP contribution < -0.4 is 5.32 Å². The summed E-state index contributed by atoms with van der Waals surface area (Å²) >= 11 is 0. The highest BCUT2D eigenvalue weighted by molar-refractivity contribution is 6.02. The molecule has 0 bridgehead atoms. The van der Waals surface area contributed by atoms with Gasteiger partial charge in [-0.2, -0.15) is 0 Å². The van der Waals surface area contributed by atoms with Gasteiger partial charge in [0.1, 0.15) is 11.2 Å². The van der Waals surface area contributed by atoms with Crippen LogP contribution in [0.1, 0.15) is 102 Å². The molecule has 2 fully saturated rings. The summed E-state index contributed by atoms with van der Waals surface area (Å²) in [6.07, 6.45) is 14.4. The quantitative estimate of drug-likeness (QED) is 0.587. The Morgan fingerprint density at radius 1 is 1.03 bits per heavy atom. The molecule has 5 rings (SSSR count). The summed E-state index contributed by atoms with van der Waals surface area (Å²) in [5, 5.41) is 3.39. The zero-order valence-corrected chi connectivity index (χ0v) is 22.4.